The van der Waals surface area contributed by atoms with Crippen LogP contribution in [0.25, 0.3) is 0 Å². The van der Waals surface area contributed by atoms with Crippen LogP contribution in [-0.2, 0) is 0 Å². The van der Waals surface area contributed by atoms with Crippen LogP contribution in [0.15, 0.2) is 30.3 Å². The van der Waals surface area contributed by atoms with Gasteiger partial charge in [-0.25, -0.2) is 4.39 Å². The molecule has 0 unspecified atom stereocenters. The van der Waals surface area contributed by atoms with Gasteiger partial charge in [0, 0.05) is 17.2 Å². The smallest absolute Gasteiger partial charge is 0.196 e. The molecule has 0 amide bonds. The lowest BCUT2D eigenvalue weighted by atomic mass is 10.0. The number of ether oxygens (including phenoxy) is 2. The zero-order valence-electron chi connectivity index (χ0n) is 11.2. The van der Waals surface area contributed by atoms with Crippen LogP contribution in [-0.4, -0.2) is 20.0 Å². The van der Waals surface area contributed by atoms with Crippen molar-refractivity contribution in [3.63, 3.8) is 0 Å². The van der Waals surface area contributed by atoms with Crippen LogP contribution in [0.5, 0.6) is 11.5 Å². The highest BCUT2D eigenvalue weighted by Crippen LogP contribution is 2.35. The summed E-state index contributed by atoms with van der Waals surface area (Å²) in [6.07, 6.45) is 0. The quantitative estimate of drug-likeness (QED) is 0.781. The number of rotatable bonds is 4. The molecule has 0 saturated heterocycles. The van der Waals surface area contributed by atoms with Crippen molar-refractivity contribution in [3.05, 3.63) is 57.3 Å². The van der Waals surface area contributed by atoms with Gasteiger partial charge in [0.05, 0.1) is 24.3 Å². The van der Waals surface area contributed by atoms with Crippen LogP contribution >= 0.6 is 23.2 Å². The van der Waals surface area contributed by atoms with Gasteiger partial charge in [0.1, 0.15) is 5.82 Å². The zero-order valence-corrected chi connectivity index (χ0v) is 12.8. The molecule has 0 aliphatic carbocycles. The lowest BCUT2D eigenvalue weighted by Crippen LogP contribution is -2.05. The minimum atomic E-state index is -0.667. The van der Waals surface area contributed by atoms with Gasteiger partial charge >= 0.3 is 0 Å². The third-order valence-corrected chi connectivity index (χ3v) is 3.61. The first kappa shape index (κ1) is 15.6. The minimum absolute atomic E-state index is 0.0331. The van der Waals surface area contributed by atoms with E-state index >= 15 is 0 Å². The summed E-state index contributed by atoms with van der Waals surface area (Å²) >= 11 is 11.9. The number of hydrogen-bond acceptors (Lipinski definition) is 3. The van der Waals surface area contributed by atoms with Crippen LogP contribution in [0.3, 0.4) is 0 Å². The van der Waals surface area contributed by atoms with Gasteiger partial charge in [-0.2, -0.15) is 0 Å². The molecule has 0 saturated carbocycles. The molecule has 0 aliphatic rings. The van der Waals surface area contributed by atoms with Crippen LogP contribution in [0.2, 0.25) is 10.0 Å². The normalized spacial score (nSPS) is 10.3. The Morgan fingerprint density at radius 1 is 1.05 bits per heavy atom. The molecule has 6 heteroatoms. The Morgan fingerprint density at radius 3 is 2.29 bits per heavy atom. The van der Waals surface area contributed by atoms with Crippen molar-refractivity contribution in [2.24, 2.45) is 0 Å². The summed E-state index contributed by atoms with van der Waals surface area (Å²) in [5.74, 6) is -0.424. The molecule has 0 N–H and O–H groups in total. The van der Waals surface area contributed by atoms with Gasteiger partial charge in [-0.1, -0.05) is 29.3 Å². The van der Waals surface area contributed by atoms with Crippen molar-refractivity contribution in [3.8, 4) is 11.5 Å². The second-order valence-electron chi connectivity index (χ2n) is 4.12. The Morgan fingerprint density at radius 2 is 1.67 bits per heavy atom. The molecule has 0 aromatic heterocycles. The average molecular weight is 329 g/mol. The summed E-state index contributed by atoms with van der Waals surface area (Å²) in [6.45, 7) is 0. The first-order valence-electron chi connectivity index (χ1n) is 5.89. The number of ketones is 1. The fraction of sp³-hybridized carbons (Fsp3) is 0.133. The lowest BCUT2D eigenvalue weighted by molar-refractivity contribution is 0.103. The average Bonchev–Trinajstić information content (AvgIpc) is 2.49. The molecule has 0 spiro atoms. The molecule has 0 bridgehead atoms. The molecular formula is C15H11Cl2FO3. The molecule has 21 heavy (non-hydrogen) atoms. The van der Waals surface area contributed by atoms with Gasteiger partial charge < -0.3 is 9.47 Å². The van der Waals surface area contributed by atoms with Crippen molar-refractivity contribution < 1.29 is 18.7 Å². The van der Waals surface area contributed by atoms with E-state index in [2.05, 4.69) is 0 Å². The molecule has 2 rings (SSSR count). The van der Waals surface area contributed by atoms with Crippen molar-refractivity contribution in [2.75, 3.05) is 14.2 Å². The van der Waals surface area contributed by atoms with Gasteiger partial charge in [-0.15, -0.1) is 0 Å². The van der Waals surface area contributed by atoms with E-state index in [0.29, 0.717) is 11.5 Å². The van der Waals surface area contributed by atoms with E-state index in [1.54, 1.807) is 0 Å². The van der Waals surface area contributed by atoms with E-state index in [1.807, 2.05) is 0 Å². The maximum atomic E-state index is 13.5. The predicted octanol–water partition coefficient (Wildman–Crippen LogP) is 4.38. The molecule has 2 aromatic carbocycles. The second-order valence-corrected chi connectivity index (χ2v) is 4.90. The first-order chi connectivity index (χ1) is 9.99. The number of halogens is 3. The van der Waals surface area contributed by atoms with Crippen LogP contribution < -0.4 is 9.47 Å². The van der Waals surface area contributed by atoms with E-state index in [0.717, 1.165) is 0 Å². The van der Waals surface area contributed by atoms with Crippen LogP contribution in [0.4, 0.5) is 4.39 Å². The van der Waals surface area contributed by atoms with Gasteiger partial charge in [0.15, 0.2) is 17.3 Å². The third kappa shape index (κ3) is 2.96. The van der Waals surface area contributed by atoms with E-state index < -0.39 is 11.6 Å². The SMILES string of the molecule is COc1cc(Cl)c(C(=O)c2cccc(F)c2Cl)cc1OC. The molecule has 0 aliphatic heterocycles. The number of hydrogen-bond donors (Lipinski definition) is 0. The maximum Gasteiger partial charge on any atom is 0.196 e. The van der Waals surface area contributed by atoms with Gasteiger partial charge in [0.25, 0.3) is 0 Å². The molecule has 2 aromatic rings. The number of methoxy groups -OCH3 is 2. The Balaban J connectivity index is 2.56. The fourth-order valence-corrected chi connectivity index (χ4v) is 2.30. The van der Waals surface area contributed by atoms with Gasteiger partial charge in [0.2, 0.25) is 0 Å². The van der Waals surface area contributed by atoms with Gasteiger partial charge in [-0.05, 0) is 18.2 Å². The number of carbonyl (C=O) groups is 1. The molecule has 110 valence electrons. The maximum absolute atomic E-state index is 13.5. The predicted molar refractivity (Wildman–Crippen MR) is 79.4 cm³/mol. The topological polar surface area (TPSA) is 35.5 Å². The highest BCUT2D eigenvalue weighted by molar-refractivity contribution is 6.38. The van der Waals surface area contributed by atoms with Crippen LogP contribution in [0.1, 0.15) is 15.9 Å². The zero-order chi connectivity index (χ0) is 15.6. The molecule has 0 fully saturated rings. The monoisotopic (exact) mass is 328 g/mol. The summed E-state index contributed by atoms with van der Waals surface area (Å²) in [6, 6.07) is 6.91. The lowest BCUT2D eigenvalue weighted by Gasteiger charge is -2.11. The van der Waals surface area contributed by atoms with Crippen LogP contribution in [0, 0.1) is 5.82 Å². The van der Waals surface area contributed by atoms with Crippen molar-refractivity contribution in [2.45, 2.75) is 0 Å². The summed E-state index contributed by atoms with van der Waals surface area (Å²) < 4.78 is 23.7. The second kappa shape index (κ2) is 6.33. The first-order valence-corrected chi connectivity index (χ1v) is 6.65. The van der Waals surface area contributed by atoms with E-state index in [4.69, 9.17) is 32.7 Å². The Kier molecular flexibility index (Phi) is 4.70. The summed E-state index contributed by atoms with van der Waals surface area (Å²) in [5.41, 5.74) is 0.188. The third-order valence-electron chi connectivity index (χ3n) is 2.91. The number of benzene rings is 2. The van der Waals surface area contributed by atoms with Crippen molar-refractivity contribution in [1.29, 1.82) is 0 Å². The summed E-state index contributed by atoms with van der Waals surface area (Å²) in [7, 11) is 2.90. The standard InChI is InChI=1S/C15H11Cl2FO3/c1-20-12-6-9(10(16)7-13(12)21-2)15(19)8-4-3-5-11(18)14(8)17/h3-7H,1-2H3. The summed E-state index contributed by atoms with van der Waals surface area (Å²) in [5, 5.41) is -0.0775. The molecular weight excluding hydrogens is 318 g/mol. The number of carbonyl (C=O) groups excluding carboxylic acids is 1. The minimum Gasteiger partial charge on any atom is -0.493 e. The fourth-order valence-electron chi connectivity index (χ4n) is 1.85. The van der Waals surface area contributed by atoms with E-state index in [1.165, 1.54) is 44.6 Å². The van der Waals surface area contributed by atoms with Gasteiger partial charge in [-0.3, -0.25) is 4.79 Å². The van der Waals surface area contributed by atoms with E-state index in [9.17, 15) is 9.18 Å². The Bertz CT molecular complexity index is 702. The van der Waals surface area contributed by atoms with Crippen molar-refractivity contribution >= 4 is 29.0 Å². The highest BCUT2D eigenvalue weighted by Gasteiger charge is 2.20. The molecule has 0 heterocycles. The Hall–Kier alpha value is -1.78. The van der Waals surface area contributed by atoms with Crippen molar-refractivity contribution in [1.82, 2.24) is 0 Å². The molecule has 3 nitrogen and oxygen atoms in total. The molecule has 0 radical (unpaired) electrons. The largest absolute Gasteiger partial charge is 0.493 e. The highest BCUT2D eigenvalue weighted by atomic mass is 35.5. The summed E-state index contributed by atoms with van der Waals surface area (Å²) in [4.78, 5) is 12.5. The van der Waals surface area contributed by atoms with E-state index in [-0.39, 0.29) is 21.2 Å². The Labute approximate surface area is 131 Å². The molecule has 0 atom stereocenters.